The van der Waals surface area contributed by atoms with Crippen LogP contribution in [0.5, 0.6) is 5.75 Å². The molecule has 1 amide bonds. The molecule has 0 radical (unpaired) electrons. The van der Waals surface area contributed by atoms with Crippen LogP contribution in [-0.4, -0.2) is 21.4 Å². The standard InChI is InChI=1S/C24H23N3O4S/c1-16-4-7-20(24(28)26-17(2)19-8-5-18(15-25)6-9-19)14-23(16)32(29,30)27-21-10-12-22(31-3)13-11-21/h4-14,17,27H,1-3H3,(H,26,28). The monoisotopic (exact) mass is 449 g/mol. The lowest BCUT2D eigenvalue weighted by atomic mass is 10.1. The first-order chi connectivity index (χ1) is 15.2. The van der Waals surface area contributed by atoms with Crippen molar-refractivity contribution in [3.63, 3.8) is 0 Å². The summed E-state index contributed by atoms with van der Waals surface area (Å²) >= 11 is 0. The molecule has 2 N–H and O–H groups in total. The first-order valence-corrected chi connectivity index (χ1v) is 11.3. The van der Waals surface area contributed by atoms with Crippen molar-refractivity contribution < 1.29 is 17.9 Å². The van der Waals surface area contributed by atoms with Crippen LogP contribution in [0.1, 0.15) is 40.0 Å². The van der Waals surface area contributed by atoms with E-state index in [2.05, 4.69) is 16.1 Å². The number of methoxy groups -OCH3 is 1. The summed E-state index contributed by atoms with van der Waals surface area (Å²) in [5, 5.41) is 11.8. The highest BCUT2D eigenvalue weighted by atomic mass is 32.2. The normalized spacial score (nSPS) is 11.8. The van der Waals surface area contributed by atoms with Crippen molar-refractivity contribution in [3.8, 4) is 11.8 Å². The van der Waals surface area contributed by atoms with E-state index in [1.807, 2.05) is 6.92 Å². The number of rotatable bonds is 7. The van der Waals surface area contributed by atoms with Crippen LogP contribution in [0.2, 0.25) is 0 Å². The first kappa shape index (κ1) is 22.8. The van der Waals surface area contributed by atoms with Crippen LogP contribution < -0.4 is 14.8 Å². The SMILES string of the molecule is COc1ccc(NS(=O)(=O)c2cc(C(=O)NC(C)c3ccc(C#N)cc3)ccc2C)cc1. The molecule has 1 atom stereocenters. The van der Waals surface area contributed by atoms with Gasteiger partial charge in [-0.1, -0.05) is 18.2 Å². The largest absolute Gasteiger partial charge is 0.497 e. The molecule has 1 unspecified atom stereocenters. The predicted molar refractivity (Wildman–Crippen MR) is 122 cm³/mol. The van der Waals surface area contributed by atoms with E-state index in [0.717, 1.165) is 5.56 Å². The fourth-order valence-electron chi connectivity index (χ4n) is 3.11. The molecule has 0 spiro atoms. The van der Waals surface area contributed by atoms with Crippen LogP contribution >= 0.6 is 0 Å². The summed E-state index contributed by atoms with van der Waals surface area (Å²) in [5.41, 5.74) is 2.49. The maximum absolute atomic E-state index is 13.0. The third-order valence-electron chi connectivity index (χ3n) is 4.97. The van der Waals surface area contributed by atoms with Crippen molar-refractivity contribution in [2.75, 3.05) is 11.8 Å². The Morgan fingerprint density at radius 2 is 1.69 bits per heavy atom. The van der Waals surface area contributed by atoms with Crippen molar-refractivity contribution >= 4 is 21.6 Å². The summed E-state index contributed by atoms with van der Waals surface area (Å²) < 4.78 is 33.5. The van der Waals surface area contributed by atoms with Crippen LogP contribution in [0.4, 0.5) is 5.69 Å². The number of ether oxygens (including phenoxy) is 1. The van der Waals surface area contributed by atoms with Gasteiger partial charge >= 0.3 is 0 Å². The predicted octanol–water partition coefficient (Wildman–Crippen LogP) is 4.17. The molecule has 0 saturated heterocycles. The average Bonchev–Trinajstić information content (AvgIpc) is 2.79. The Kier molecular flexibility index (Phi) is 6.81. The van der Waals surface area contributed by atoms with Gasteiger partial charge in [-0.2, -0.15) is 5.26 Å². The molecule has 0 bridgehead atoms. The molecule has 0 aliphatic rings. The van der Waals surface area contributed by atoms with Crippen LogP contribution in [0.15, 0.2) is 71.6 Å². The van der Waals surface area contributed by atoms with Gasteiger partial charge in [-0.05, 0) is 73.5 Å². The Balaban J connectivity index is 1.80. The molecule has 3 aromatic carbocycles. The van der Waals surface area contributed by atoms with Gasteiger partial charge in [0.1, 0.15) is 5.75 Å². The van der Waals surface area contributed by atoms with Gasteiger partial charge in [0.15, 0.2) is 0 Å². The van der Waals surface area contributed by atoms with E-state index in [0.29, 0.717) is 22.6 Å². The number of benzene rings is 3. The molecule has 0 saturated carbocycles. The number of carbonyl (C=O) groups excluding carboxylic acids is 1. The van der Waals surface area contributed by atoms with E-state index in [4.69, 9.17) is 10.00 Å². The van der Waals surface area contributed by atoms with E-state index >= 15 is 0 Å². The topological polar surface area (TPSA) is 108 Å². The zero-order valence-electron chi connectivity index (χ0n) is 17.9. The Labute approximate surface area is 187 Å². The minimum Gasteiger partial charge on any atom is -0.497 e. The first-order valence-electron chi connectivity index (χ1n) is 9.82. The number of nitriles is 1. The number of sulfonamides is 1. The quantitative estimate of drug-likeness (QED) is 0.563. The molecule has 0 aliphatic heterocycles. The molecule has 164 valence electrons. The molecule has 32 heavy (non-hydrogen) atoms. The molecule has 7 nitrogen and oxygen atoms in total. The van der Waals surface area contributed by atoms with Gasteiger partial charge in [-0.25, -0.2) is 8.42 Å². The van der Waals surface area contributed by atoms with Gasteiger partial charge in [0.25, 0.3) is 15.9 Å². The smallest absolute Gasteiger partial charge is 0.262 e. The molecular formula is C24H23N3O4S. The van der Waals surface area contributed by atoms with E-state index < -0.39 is 15.9 Å². The van der Waals surface area contributed by atoms with Crippen LogP contribution in [0, 0.1) is 18.3 Å². The molecule has 0 fully saturated rings. The highest BCUT2D eigenvalue weighted by Gasteiger charge is 2.20. The van der Waals surface area contributed by atoms with Gasteiger partial charge < -0.3 is 10.1 Å². The Morgan fingerprint density at radius 3 is 2.28 bits per heavy atom. The molecule has 8 heteroatoms. The lowest BCUT2D eigenvalue weighted by Gasteiger charge is -2.16. The van der Waals surface area contributed by atoms with Crippen molar-refractivity contribution in [1.29, 1.82) is 5.26 Å². The van der Waals surface area contributed by atoms with E-state index in [1.165, 1.54) is 13.2 Å². The van der Waals surface area contributed by atoms with Crippen molar-refractivity contribution in [2.45, 2.75) is 24.8 Å². The van der Waals surface area contributed by atoms with Crippen LogP contribution in [-0.2, 0) is 10.0 Å². The van der Waals surface area contributed by atoms with Gasteiger partial charge in [0.2, 0.25) is 0 Å². The number of amides is 1. The maximum Gasteiger partial charge on any atom is 0.262 e. The minimum atomic E-state index is -3.91. The molecule has 0 heterocycles. The second-order valence-electron chi connectivity index (χ2n) is 7.24. The molecule has 3 aromatic rings. The number of nitrogens with one attached hydrogen (secondary N) is 2. The highest BCUT2D eigenvalue weighted by Crippen LogP contribution is 2.23. The lowest BCUT2D eigenvalue weighted by molar-refractivity contribution is 0.0939. The molecule has 0 aromatic heterocycles. The second kappa shape index (κ2) is 9.54. The second-order valence-corrected chi connectivity index (χ2v) is 8.89. The van der Waals surface area contributed by atoms with Gasteiger partial charge in [-0.3, -0.25) is 9.52 Å². The Bertz CT molecular complexity index is 1260. The van der Waals surface area contributed by atoms with E-state index in [-0.39, 0.29) is 16.5 Å². The van der Waals surface area contributed by atoms with Crippen LogP contribution in [0.3, 0.4) is 0 Å². The minimum absolute atomic E-state index is 0.0204. The van der Waals surface area contributed by atoms with Crippen LogP contribution in [0.25, 0.3) is 0 Å². The van der Waals surface area contributed by atoms with E-state index in [1.54, 1.807) is 67.6 Å². The molecule has 0 aliphatic carbocycles. The van der Waals surface area contributed by atoms with E-state index in [9.17, 15) is 13.2 Å². The number of hydrogen-bond acceptors (Lipinski definition) is 5. The Hall–Kier alpha value is -3.83. The Morgan fingerprint density at radius 1 is 1.03 bits per heavy atom. The maximum atomic E-state index is 13.0. The average molecular weight is 450 g/mol. The van der Waals surface area contributed by atoms with Crippen molar-refractivity contribution in [3.05, 3.63) is 89.0 Å². The summed E-state index contributed by atoms with van der Waals surface area (Å²) in [6.45, 7) is 3.49. The summed E-state index contributed by atoms with van der Waals surface area (Å²) in [6, 6.07) is 19.7. The summed E-state index contributed by atoms with van der Waals surface area (Å²) in [6.07, 6.45) is 0. The summed E-state index contributed by atoms with van der Waals surface area (Å²) in [5.74, 6) is 0.210. The fourth-order valence-corrected chi connectivity index (χ4v) is 4.44. The van der Waals surface area contributed by atoms with Crippen molar-refractivity contribution in [2.24, 2.45) is 0 Å². The molecular weight excluding hydrogens is 426 g/mol. The molecule has 3 rings (SSSR count). The number of anilines is 1. The zero-order chi connectivity index (χ0) is 23.3. The van der Waals surface area contributed by atoms with Gasteiger partial charge in [0.05, 0.1) is 29.7 Å². The summed E-state index contributed by atoms with van der Waals surface area (Å²) in [4.78, 5) is 12.8. The lowest BCUT2D eigenvalue weighted by Crippen LogP contribution is -2.27. The third kappa shape index (κ3) is 5.25. The van der Waals surface area contributed by atoms with Gasteiger partial charge in [0, 0.05) is 11.3 Å². The van der Waals surface area contributed by atoms with Gasteiger partial charge in [-0.15, -0.1) is 0 Å². The number of nitrogens with zero attached hydrogens (tertiary/aromatic N) is 1. The fraction of sp³-hybridized carbons (Fsp3) is 0.167. The number of carbonyl (C=O) groups is 1. The van der Waals surface area contributed by atoms with Crippen molar-refractivity contribution in [1.82, 2.24) is 5.32 Å². The number of aryl methyl sites for hydroxylation is 1. The highest BCUT2D eigenvalue weighted by molar-refractivity contribution is 7.92. The summed E-state index contributed by atoms with van der Waals surface area (Å²) in [7, 11) is -2.38. The number of hydrogen-bond donors (Lipinski definition) is 2. The zero-order valence-corrected chi connectivity index (χ0v) is 18.7. The third-order valence-corrected chi connectivity index (χ3v) is 6.49.